The first-order chi connectivity index (χ1) is 12.3. The van der Waals surface area contributed by atoms with Gasteiger partial charge in [0, 0.05) is 28.6 Å². The van der Waals surface area contributed by atoms with Gasteiger partial charge >= 0.3 is 0 Å². The van der Waals surface area contributed by atoms with Crippen LogP contribution in [0.3, 0.4) is 0 Å². The zero-order valence-corrected chi connectivity index (χ0v) is 17.0. The molecule has 1 amide bonds. The monoisotopic (exact) mass is 412 g/mol. The standard InChI is InChI=1S/C18H21ClN2O3S2/c1-13-7-8-14(11-17(13)21-26(2,23)24)18(22)20-9-10-25-12-15-5-3-4-6-16(15)19/h3-8,11,21H,9-10,12H2,1-2H3,(H,20,22). The number of thioether (sulfide) groups is 1. The average molecular weight is 413 g/mol. The molecule has 0 aliphatic carbocycles. The molecule has 8 heteroatoms. The maximum Gasteiger partial charge on any atom is 0.251 e. The van der Waals surface area contributed by atoms with Crippen molar-refractivity contribution in [2.75, 3.05) is 23.3 Å². The molecule has 0 heterocycles. The van der Waals surface area contributed by atoms with Crippen molar-refractivity contribution < 1.29 is 13.2 Å². The minimum atomic E-state index is -3.39. The van der Waals surface area contributed by atoms with Crippen LogP contribution in [0, 0.1) is 6.92 Å². The molecule has 26 heavy (non-hydrogen) atoms. The van der Waals surface area contributed by atoms with E-state index in [1.54, 1.807) is 36.9 Å². The summed E-state index contributed by atoms with van der Waals surface area (Å²) in [6.07, 6.45) is 1.08. The lowest BCUT2D eigenvalue weighted by molar-refractivity contribution is 0.0956. The minimum absolute atomic E-state index is 0.236. The highest BCUT2D eigenvalue weighted by atomic mass is 35.5. The Morgan fingerprint density at radius 2 is 1.92 bits per heavy atom. The maximum atomic E-state index is 12.2. The Labute approximate surface area is 163 Å². The van der Waals surface area contributed by atoms with Gasteiger partial charge in [0.05, 0.1) is 11.9 Å². The number of benzene rings is 2. The van der Waals surface area contributed by atoms with Crippen LogP contribution in [-0.2, 0) is 15.8 Å². The summed E-state index contributed by atoms with van der Waals surface area (Å²) in [5.41, 5.74) is 2.65. The Morgan fingerprint density at radius 1 is 1.19 bits per heavy atom. The first-order valence-corrected chi connectivity index (χ1v) is 11.4. The van der Waals surface area contributed by atoms with Crippen LogP contribution in [0.25, 0.3) is 0 Å². The van der Waals surface area contributed by atoms with Gasteiger partial charge < -0.3 is 5.32 Å². The Bertz CT molecular complexity index is 886. The van der Waals surface area contributed by atoms with Crippen LogP contribution in [-0.4, -0.2) is 32.9 Å². The Morgan fingerprint density at radius 3 is 2.62 bits per heavy atom. The number of sulfonamides is 1. The highest BCUT2D eigenvalue weighted by Gasteiger charge is 2.10. The zero-order chi connectivity index (χ0) is 19.2. The van der Waals surface area contributed by atoms with E-state index in [0.29, 0.717) is 17.8 Å². The first-order valence-electron chi connectivity index (χ1n) is 7.94. The topological polar surface area (TPSA) is 75.3 Å². The summed E-state index contributed by atoms with van der Waals surface area (Å²) in [4.78, 5) is 12.2. The Kier molecular flexibility index (Phi) is 7.37. The van der Waals surface area contributed by atoms with Gasteiger partial charge in [0.15, 0.2) is 0 Å². The fourth-order valence-electron chi connectivity index (χ4n) is 2.21. The zero-order valence-electron chi connectivity index (χ0n) is 14.6. The number of carbonyl (C=O) groups excluding carboxylic acids is 1. The quantitative estimate of drug-likeness (QED) is 0.648. The van der Waals surface area contributed by atoms with Crippen LogP contribution < -0.4 is 10.0 Å². The summed E-state index contributed by atoms with van der Waals surface area (Å²) in [5.74, 6) is 1.29. The van der Waals surface area contributed by atoms with Crippen LogP contribution in [0.4, 0.5) is 5.69 Å². The third kappa shape index (κ3) is 6.55. The summed E-state index contributed by atoms with van der Waals surface area (Å²) >= 11 is 7.79. The van der Waals surface area contributed by atoms with Crippen molar-refractivity contribution in [2.45, 2.75) is 12.7 Å². The van der Waals surface area contributed by atoms with Gasteiger partial charge in [-0.15, -0.1) is 0 Å². The minimum Gasteiger partial charge on any atom is -0.351 e. The van der Waals surface area contributed by atoms with Crippen LogP contribution in [0.2, 0.25) is 5.02 Å². The largest absolute Gasteiger partial charge is 0.351 e. The Hall–Kier alpha value is -1.70. The van der Waals surface area contributed by atoms with E-state index < -0.39 is 10.0 Å². The van der Waals surface area contributed by atoms with Gasteiger partial charge in [-0.25, -0.2) is 8.42 Å². The summed E-state index contributed by atoms with van der Waals surface area (Å²) in [6.45, 7) is 2.29. The van der Waals surface area contributed by atoms with Gasteiger partial charge in [-0.1, -0.05) is 35.9 Å². The molecule has 2 N–H and O–H groups in total. The van der Waals surface area contributed by atoms with Crippen molar-refractivity contribution in [1.82, 2.24) is 5.32 Å². The highest BCUT2D eigenvalue weighted by molar-refractivity contribution is 7.98. The number of nitrogens with one attached hydrogen (secondary N) is 2. The number of hydrogen-bond donors (Lipinski definition) is 2. The summed E-state index contributed by atoms with van der Waals surface area (Å²) in [7, 11) is -3.39. The number of halogens is 1. The lowest BCUT2D eigenvalue weighted by Crippen LogP contribution is -2.26. The number of amides is 1. The number of aryl methyl sites for hydroxylation is 1. The van der Waals surface area contributed by atoms with E-state index in [0.717, 1.165) is 33.9 Å². The molecular weight excluding hydrogens is 392 g/mol. The molecule has 0 radical (unpaired) electrons. The smallest absolute Gasteiger partial charge is 0.251 e. The van der Waals surface area contributed by atoms with E-state index in [2.05, 4.69) is 10.0 Å². The molecule has 0 aliphatic heterocycles. The molecule has 5 nitrogen and oxygen atoms in total. The van der Waals surface area contributed by atoms with Crippen LogP contribution >= 0.6 is 23.4 Å². The second kappa shape index (κ2) is 9.30. The fraction of sp³-hybridized carbons (Fsp3) is 0.278. The van der Waals surface area contributed by atoms with E-state index in [-0.39, 0.29) is 5.91 Å². The fourth-order valence-corrected chi connectivity index (χ4v) is 3.97. The highest BCUT2D eigenvalue weighted by Crippen LogP contribution is 2.20. The van der Waals surface area contributed by atoms with Gasteiger partial charge in [0.1, 0.15) is 0 Å². The number of anilines is 1. The van der Waals surface area contributed by atoms with E-state index in [9.17, 15) is 13.2 Å². The predicted molar refractivity (Wildman–Crippen MR) is 110 cm³/mol. The van der Waals surface area contributed by atoms with Crippen molar-refractivity contribution >= 4 is 45.0 Å². The molecule has 2 rings (SSSR count). The molecular formula is C18H21ClN2O3S2. The van der Waals surface area contributed by atoms with Crippen LogP contribution in [0.15, 0.2) is 42.5 Å². The molecule has 2 aromatic carbocycles. The molecule has 0 saturated carbocycles. The molecule has 2 aromatic rings. The van der Waals surface area contributed by atoms with Gasteiger partial charge in [0.25, 0.3) is 5.91 Å². The van der Waals surface area contributed by atoms with E-state index >= 15 is 0 Å². The van der Waals surface area contributed by atoms with E-state index in [4.69, 9.17) is 11.6 Å². The average Bonchev–Trinajstić information content (AvgIpc) is 2.56. The van der Waals surface area contributed by atoms with Crippen molar-refractivity contribution in [1.29, 1.82) is 0 Å². The lowest BCUT2D eigenvalue weighted by atomic mass is 10.1. The number of rotatable bonds is 8. The SMILES string of the molecule is Cc1ccc(C(=O)NCCSCc2ccccc2Cl)cc1NS(C)(=O)=O. The molecule has 0 aromatic heterocycles. The van der Waals surface area contributed by atoms with Gasteiger partial charge in [-0.05, 0) is 36.2 Å². The number of hydrogen-bond acceptors (Lipinski definition) is 4. The second-order valence-electron chi connectivity index (χ2n) is 5.80. The second-order valence-corrected chi connectivity index (χ2v) is 9.06. The molecule has 0 unspecified atom stereocenters. The van der Waals surface area contributed by atoms with Gasteiger partial charge in [-0.3, -0.25) is 9.52 Å². The van der Waals surface area contributed by atoms with Crippen molar-refractivity contribution in [3.05, 3.63) is 64.2 Å². The van der Waals surface area contributed by atoms with Crippen molar-refractivity contribution in [2.24, 2.45) is 0 Å². The third-order valence-electron chi connectivity index (χ3n) is 3.54. The van der Waals surface area contributed by atoms with Crippen molar-refractivity contribution in [3.8, 4) is 0 Å². The molecule has 140 valence electrons. The molecule has 0 bridgehead atoms. The maximum absolute atomic E-state index is 12.2. The summed E-state index contributed by atoms with van der Waals surface area (Å²) in [6, 6.07) is 12.6. The van der Waals surface area contributed by atoms with E-state index in [1.807, 2.05) is 24.3 Å². The molecule has 0 saturated heterocycles. The normalized spacial score (nSPS) is 11.2. The number of carbonyl (C=O) groups is 1. The molecule has 0 atom stereocenters. The summed E-state index contributed by atoms with van der Waals surface area (Å²) < 4.78 is 25.2. The van der Waals surface area contributed by atoms with Gasteiger partial charge in [-0.2, -0.15) is 11.8 Å². The summed E-state index contributed by atoms with van der Waals surface area (Å²) in [5, 5.41) is 3.58. The third-order valence-corrected chi connectivity index (χ3v) is 5.51. The lowest BCUT2D eigenvalue weighted by Gasteiger charge is -2.10. The van der Waals surface area contributed by atoms with Crippen LogP contribution in [0.5, 0.6) is 0 Å². The molecule has 0 fully saturated rings. The van der Waals surface area contributed by atoms with Crippen LogP contribution in [0.1, 0.15) is 21.5 Å². The molecule has 0 spiro atoms. The van der Waals surface area contributed by atoms with E-state index in [1.165, 1.54) is 0 Å². The Balaban J connectivity index is 1.84. The van der Waals surface area contributed by atoms with Gasteiger partial charge in [0.2, 0.25) is 10.0 Å². The first kappa shape index (κ1) is 20.6. The molecule has 0 aliphatic rings. The predicted octanol–water partition coefficient (Wildman–Crippen LogP) is 3.68. The van der Waals surface area contributed by atoms with Crippen molar-refractivity contribution in [3.63, 3.8) is 0 Å².